The fourth-order valence-corrected chi connectivity index (χ4v) is 1.39. The Balaban J connectivity index is 3.37. The molecule has 0 unspecified atom stereocenters. The lowest BCUT2D eigenvalue weighted by molar-refractivity contribution is 0.320. The van der Waals surface area contributed by atoms with Gasteiger partial charge in [-0.1, -0.05) is 16.8 Å². The lowest BCUT2D eigenvalue weighted by Gasteiger charge is -2.12. The molecular weight excluding hydrogens is 234 g/mol. The Kier molecular flexibility index (Phi) is 4.25. The van der Waals surface area contributed by atoms with Gasteiger partial charge in [-0.3, -0.25) is 0 Å². The average Bonchev–Trinajstić information content (AvgIpc) is 2.35. The van der Waals surface area contributed by atoms with Gasteiger partial charge in [-0.15, -0.1) is 0 Å². The van der Waals surface area contributed by atoms with Crippen molar-refractivity contribution >= 4 is 16.8 Å². The van der Waals surface area contributed by atoms with Crippen molar-refractivity contribution in [1.82, 2.24) is 0 Å². The molecule has 1 N–H and O–H groups in total. The minimum atomic E-state index is -0.0854. The van der Waals surface area contributed by atoms with Crippen molar-refractivity contribution in [2.75, 3.05) is 21.3 Å². The zero-order valence-electron chi connectivity index (χ0n) is 9.15. The molecule has 16 heavy (non-hydrogen) atoms. The molecular formula is C10H12ClNO4. The van der Waals surface area contributed by atoms with Crippen LogP contribution in [-0.4, -0.2) is 31.7 Å². The summed E-state index contributed by atoms with van der Waals surface area (Å²) >= 11 is 5.72. The van der Waals surface area contributed by atoms with Gasteiger partial charge in [0.25, 0.3) is 0 Å². The quantitative estimate of drug-likeness (QED) is 0.501. The van der Waals surface area contributed by atoms with E-state index in [2.05, 4.69) is 5.16 Å². The van der Waals surface area contributed by atoms with Crippen molar-refractivity contribution in [3.63, 3.8) is 0 Å². The molecule has 0 aliphatic carbocycles. The van der Waals surface area contributed by atoms with Gasteiger partial charge >= 0.3 is 0 Å². The number of halogens is 1. The Morgan fingerprint density at radius 1 is 1.06 bits per heavy atom. The Hall–Kier alpha value is -1.62. The number of methoxy groups -OCH3 is 3. The molecule has 0 aliphatic rings. The van der Waals surface area contributed by atoms with E-state index in [0.717, 1.165) is 0 Å². The van der Waals surface area contributed by atoms with E-state index in [4.69, 9.17) is 31.0 Å². The first-order chi connectivity index (χ1) is 7.67. The van der Waals surface area contributed by atoms with Crippen molar-refractivity contribution < 1.29 is 19.4 Å². The molecule has 0 aromatic heterocycles. The summed E-state index contributed by atoms with van der Waals surface area (Å²) in [4.78, 5) is 0. The molecule has 0 saturated heterocycles. The van der Waals surface area contributed by atoms with Crippen molar-refractivity contribution in [2.45, 2.75) is 0 Å². The molecule has 0 bridgehead atoms. The maximum atomic E-state index is 8.63. The molecule has 0 radical (unpaired) electrons. The van der Waals surface area contributed by atoms with Crippen LogP contribution < -0.4 is 14.2 Å². The van der Waals surface area contributed by atoms with Crippen molar-refractivity contribution in [2.24, 2.45) is 5.16 Å². The van der Waals surface area contributed by atoms with Gasteiger partial charge in [0, 0.05) is 6.07 Å². The van der Waals surface area contributed by atoms with Gasteiger partial charge in [-0.25, -0.2) is 0 Å². The van der Waals surface area contributed by atoms with Crippen LogP contribution in [-0.2, 0) is 0 Å². The van der Waals surface area contributed by atoms with Crippen molar-refractivity contribution in [1.29, 1.82) is 0 Å². The second-order valence-corrected chi connectivity index (χ2v) is 3.16. The summed E-state index contributed by atoms with van der Waals surface area (Å²) in [5.41, 5.74) is 0.421. The number of oxime groups is 1. The normalized spacial score (nSPS) is 11.1. The molecule has 0 fully saturated rings. The first kappa shape index (κ1) is 12.4. The fourth-order valence-electron chi connectivity index (χ4n) is 1.24. The van der Waals surface area contributed by atoms with Crippen molar-refractivity contribution in [3.8, 4) is 17.2 Å². The van der Waals surface area contributed by atoms with E-state index in [-0.39, 0.29) is 5.17 Å². The third kappa shape index (κ3) is 2.30. The largest absolute Gasteiger partial charge is 0.496 e. The van der Waals surface area contributed by atoms with Crippen LogP contribution in [0.1, 0.15) is 5.56 Å². The number of hydrogen-bond donors (Lipinski definition) is 1. The number of ether oxygens (including phenoxy) is 3. The van der Waals surface area contributed by atoms with E-state index in [1.54, 1.807) is 12.1 Å². The number of benzene rings is 1. The summed E-state index contributed by atoms with van der Waals surface area (Å²) in [6.45, 7) is 0. The van der Waals surface area contributed by atoms with E-state index in [1.165, 1.54) is 21.3 Å². The van der Waals surface area contributed by atoms with E-state index in [9.17, 15) is 0 Å². The van der Waals surface area contributed by atoms with Crippen LogP contribution in [0, 0.1) is 0 Å². The minimum Gasteiger partial charge on any atom is -0.496 e. The van der Waals surface area contributed by atoms with Crippen molar-refractivity contribution in [3.05, 3.63) is 17.7 Å². The summed E-state index contributed by atoms with van der Waals surface area (Å²) in [6, 6.07) is 3.17. The van der Waals surface area contributed by atoms with E-state index in [0.29, 0.717) is 22.8 Å². The Labute approximate surface area is 98.2 Å². The summed E-state index contributed by atoms with van der Waals surface area (Å²) in [5, 5.41) is 11.4. The van der Waals surface area contributed by atoms with Gasteiger partial charge in [-0.2, -0.15) is 0 Å². The first-order valence-corrected chi connectivity index (χ1v) is 4.73. The maximum Gasteiger partial charge on any atom is 0.179 e. The molecule has 1 aromatic rings. The van der Waals surface area contributed by atoms with Gasteiger partial charge in [-0.05, 0) is 6.07 Å². The fraction of sp³-hybridized carbons (Fsp3) is 0.300. The predicted octanol–water partition coefficient (Wildman–Crippen LogP) is 2.09. The zero-order valence-corrected chi connectivity index (χ0v) is 9.91. The monoisotopic (exact) mass is 245 g/mol. The van der Waals surface area contributed by atoms with Gasteiger partial charge < -0.3 is 19.4 Å². The molecule has 1 aromatic carbocycles. The molecule has 6 heteroatoms. The minimum absolute atomic E-state index is 0.0854. The van der Waals surface area contributed by atoms with Crippen LogP contribution in [0.25, 0.3) is 0 Å². The van der Waals surface area contributed by atoms with Gasteiger partial charge in [0.2, 0.25) is 0 Å². The molecule has 0 aliphatic heterocycles. The second-order valence-electron chi connectivity index (χ2n) is 2.80. The smallest absolute Gasteiger partial charge is 0.179 e. The molecule has 0 amide bonds. The molecule has 0 saturated carbocycles. The number of rotatable bonds is 4. The third-order valence-electron chi connectivity index (χ3n) is 2.02. The highest BCUT2D eigenvalue weighted by Crippen LogP contribution is 2.35. The lowest BCUT2D eigenvalue weighted by atomic mass is 10.2. The molecule has 1 rings (SSSR count). The summed E-state index contributed by atoms with van der Waals surface area (Å²) in [7, 11) is 4.49. The van der Waals surface area contributed by atoms with Gasteiger partial charge in [0.15, 0.2) is 16.7 Å². The third-order valence-corrected chi connectivity index (χ3v) is 2.29. The predicted molar refractivity (Wildman–Crippen MR) is 60.3 cm³/mol. The standard InChI is InChI=1S/C10H12ClNO4/c1-14-7-5-9(16-3)8(15-2)4-6(7)10(11)12-13/h4-5,13H,1-3H3/b12-10-. The van der Waals surface area contributed by atoms with Crippen LogP contribution in [0.4, 0.5) is 0 Å². The molecule has 0 atom stereocenters. The summed E-state index contributed by atoms with van der Waals surface area (Å²) < 4.78 is 15.3. The van der Waals surface area contributed by atoms with Crippen LogP contribution in [0.2, 0.25) is 0 Å². The highest BCUT2D eigenvalue weighted by atomic mass is 35.5. The zero-order chi connectivity index (χ0) is 12.1. The van der Waals surface area contributed by atoms with Crippen LogP contribution in [0.5, 0.6) is 17.2 Å². The topological polar surface area (TPSA) is 60.3 Å². The molecule has 0 heterocycles. The van der Waals surface area contributed by atoms with Gasteiger partial charge in [0.1, 0.15) is 5.75 Å². The Bertz CT molecular complexity index is 406. The molecule has 88 valence electrons. The van der Waals surface area contributed by atoms with E-state index < -0.39 is 0 Å². The summed E-state index contributed by atoms with van der Waals surface area (Å²) in [6.07, 6.45) is 0. The van der Waals surface area contributed by atoms with Crippen LogP contribution in [0.3, 0.4) is 0 Å². The molecule has 0 spiro atoms. The van der Waals surface area contributed by atoms with Gasteiger partial charge in [0.05, 0.1) is 26.9 Å². The highest BCUT2D eigenvalue weighted by molar-refractivity contribution is 6.69. The Morgan fingerprint density at radius 2 is 1.56 bits per heavy atom. The number of hydrogen-bond acceptors (Lipinski definition) is 5. The first-order valence-electron chi connectivity index (χ1n) is 4.35. The Morgan fingerprint density at radius 3 is 2.00 bits per heavy atom. The second kappa shape index (κ2) is 5.46. The number of nitrogens with zero attached hydrogens (tertiary/aromatic N) is 1. The van der Waals surface area contributed by atoms with E-state index in [1.807, 2.05) is 0 Å². The lowest BCUT2D eigenvalue weighted by Crippen LogP contribution is -2.00. The van der Waals surface area contributed by atoms with E-state index >= 15 is 0 Å². The SMILES string of the molecule is COc1cc(OC)c(/C(Cl)=N/O)cc1OC. The highest BCUT2D eigenvalue weighted by Gasteiger charge is 2.15. The summed E-state index contributed by atoms with van der Waals surface area (Å²) in [5.74, 6) is 1.41. The van der Waals surface area contributed by atoms with Crippen LogP contribution >= 0.6 is 11.6 Å². The van der Waals surface area contributed by atoms with Crippen LogP contribution in [0.15, 0.2) is 17.3 Å². The average molecular weight is 246 g/mol. The maximum absolute atomic E-state index is 8.63. The molecule has 5 nitrogen and oxygen atoms in total.